The van der Waals surface area contributed by atoms with E-state index in [9.17, 15) is 9.59 Å². The first-order valence-corrected chi connectivity index (χ1v) is 9.90. The Morgan fingerprint density at radius 2 is 2.30 bits per heavy atom. The zero-order valence-electron chi connectivity index (χ0n) is 14.5. The van der Waals surface area contributed by atoms with Crippen LogP contribution in [0, 0.1) is 0 Å². The molecule has 1 aromatic carbocycles. The fraction of sp³-hybridized carbons (Fsp3) is 0.222. The van der Waals surface area contributed by atoms with Gasteiger partial charge in [-0.05, 0) is 42.5 Å². The Bertz CT molecular complexity index is 894. The standard InChI is InChI=1S/C18H17N3O4S2/c1-2-21-16(24)14(27-18(21)20-17-19-7-9-26-17)11-12-4-3-5-13(10-12)25-8-6-15(22)23/h3-5,7,9-11H,2,6,8H2,1H3,(H,22,23)/b14-11+,20-18+. The van der Waals surface area contributed by atoms with Gasteiger partial charge in [-0.2, -0.15) is 4.99 Å². The summed E-state index contributed by atoms with van der Waals surface area (Å²) in [6.07, 6.45) is 3.39. The Hall–Kier alpha value is -2.65. The van der Waals surface area contributed by atoms with Crippen LogP contribution in [0.5, 0.6) is 5.75 Å². The summed E-state index contributed by atoms with van der Waals surface area (Å²) in [7, 11) is 0. The Morgan fingerprint density at radius 1 is 1.44 bits per heavy atom. The summed E-state index contributed by atoms with van der Waals surface area (Å²) in [6, 6.07) is 7.18. The van der Waals surface area contributed by atoms with E-state index in [1.807, 2.05) is 18.4 Å². The van der Waals surface area contributed by atoms with E-state index in [0.717, 1.165) is 5.56 Å². The van der Waals surface area contributed by atoms with Gasteiger partial charge in [0.15, 0.2) is 5.17 Å². The van der Waals surface area contributed by atoms with E-state index >= 15 is 0 Å². The van der Waals surface area contributed by atoms with Crippen molar-refractivity contribution in [3.8, 4) is 5.75 Å². The molecule has 0 radical (unpaired) electrons. The number of carboxylic acids is 1. The van der Waals surface area contributed by atoms with Crippen LogP contribution in [-0.2, 0) is 9.59 Å². The number of nitrogens with zero attached hydrogens (tertiary/aromatic N) is 3. The van der Waals surface area contributed by atoms with Gasteiger partial charge in [0.05, 0.1) is 17.9 Å². The molecule has 0 unspecified atom stereocenters. The Kier molecular flexibility index (Phi) is 6.25. The van der Waals surface area contributed by atoms with Gasteiger partial charge in [0.1, 0.15) is 5.75 Å². The molecule has 1 aliphatic heterocycles. The normalized spacial score (nSPS) is 17.1. The third kappa shape index (κ3) is 4.95. The van der Waals surface area contributed by atoms with Crippen molar-refractivity contribution in [1.82, 2.24) is 9.88 Å². The van der Waals surface area contributed by atoms with Crippen molar-refractivity contribution in [3.63, 3.8) is 0 Å². The number of carboxylic acid groups (broad SMARTS) is 1. The monoisotopic (exact) mass is 403 g/mol. The summed E-state index contributed by atoms with van der Waals surface area (Å²) in [5.74, 6) is -0.451. The van der Waals surface area contributed by atoms with Crippen LogP contribution < -0.4 is 4.74 Å². The van der Waals surface area contributed by atoms with Crippen LogP contribution in [0.25, 0.3) is 6.08 Å². The van der Waals surface area contributed by atoms with Gasteiger partial charge in [-0.3, -0.25) is 14.5 Å². The van der Waals surface area contributed by atoms with Gasteiger partial charge in [0.25, 0.3) is 5.91 Å². The Balaban J connectivity index is 1.78. The first-order valence-electron chi connectivity index (χ1n) is 8.21. The number of amidine groups is 1. The van der Waals surface area contributed by atoms with Crippen molar-refractivity contribution in [2.24, 2.45) is 4.99 Å². The lowest BCUT2D eigenvalue weighted by Gasteiger charge is -2.11. The van der Waals surface area contributed by atoms with E-state index in [1.54, 1.807) is 35.4 Å². The minimum absolute atomic E-state index is 0.0678. The number of aliphatic imine (C=N–C) groups is 1. The zero-order valence-corrected chi connectivity index (χ0v) is 16.1. The smallest absolute Gasteiger partial charge is 0.306 e. The van der Waals surface area contributed by atoms with Gasteiger partial charge >= 0.3 is 5.97 Å². The highest BCUT2D eigenvalue weighted by Gasteiger charge is 2.32. The quantitative estimate of drug-likeness (QED) is 0.710. The number of hydrogen-bond acceptors (Lipinski definition) is 7. The fourth-order valence-corrected chi connectivity index (χ4v) is 3.93. The summed E-state index contributed by atoms with van der Waals surface area (Å²) in [5.41, 5.74) is 0.797. The van der Waals surface area contributed by atoms with Gasteiger partial charge < -0.3 is 9.84 Å². The molecule has 9 heteroatoms. The Morgan fingerprint density at radius 3 is 3.00 bits per heavy atom. The van der Waals surface area contributed by atoms with E-state index < -0.39 is 5.97 Å². The molecule has 3 rings (SSSR count). The number of benzene rings is 1. The number of thiazole rings is 1. The van der Waals surface area contributed by atoms with Crippen LogP contribution in [0.3, 0.4) is 0 Å². The SMILES string of the molecule is CCN1C(=O)/C(=C\c2cccc(OCCC(=O)O)c2)S/C1=N/c1nccs1. The molecule has 1 N–H and O–H groups in total. The van der Waals surface area contributed by atoms with Crippen molar-refractivity contribution >= 4 is 51.4 Å². The molecule has 0 bridgehead atoms. The lowest BCUT2D eigenvalue weighted by atomic mass is 10.2. The molecule has 1 aliphatic rings. The number of aliphatic carboxylic acids is 1. The second-order valence-corrected chi connectivity index (χ2v) is 7.32. The predicted molar refractivity (Wildman–Crippen MR) is 106 cm³/mol. The molecule has 1 amide bonds. The number of amides is 1. The molecule has 2 heterocycles. The van der Waals surface area contributed by atoms with Crippen LogP contribution in [0.15, 0.2) is 45.7 Å². The maximum absolute atomic E-state index is 12.7. The highest BCUT2D eigenvalue weighted by Crippen LogP contribution is 2.34. The molecule has 0 atom stereocenters. The summed E-state index contributed by atoms with van der Waals surface area (Å²) in [4.78, 5) is 34.0. The van der Waals surface area contributed by atoms with E-state index in [1.165, 1.54) is 23.1 Å². The maximum Gasteiger partial charge on any atom is 0.306 e. The number of aromatic nitrogens is 1. The number of carbonyl (C=O) groups excluding carboxylic acids is 1. The molecule has 1 saturated heterocycles. The highest BCUT2D eigenvalue weighted by molar-refractivity contribution is 8.18. The molecule has 27 heavy (non-hydrogen) atoms. The minimum Gasteiger partial charge on any atom is -0.493 e. The molecule has 2 aromatic rings. The molecular weight excluding hydrogens is 386 g/mol. The zero-order chi connectivity index (χ0) is 19.2. The first-order chi connectivity index (χ1) is 13.1. The van der Waals surface area contributed by atoms with E-state index in [2.05, 4.69) is 9.98 Å². The second-order valence-electron chi connectivity index (χ2n) is 5.43. The van der Waals surface area contributed by atoms with Crippen LogP contribution in [0.1, 0.15) is 18.9 Å². The number of likely N-dealkylation sites (N-methyl/N-ethyl adjacent to an activating group) is 1. The summed E-state index contributed by atoms with van der Waals surface area (Å²) < 4.78 is 5.44. The van der Waals surface area contributed by atoms with Crippen molar-refractivity contribution in [2.45, 2.75) is 13.3 Å². The van der Waals surface area contributed by atoms with Crippen molar-refractivity contribution in [2.75, 3.05) is 13.2 Å². The molecular formula is C18H17N3O4S2. The second kappa shape index (κ2) is 8.83. The third-order valence-electron chi connectivity index (χ3n) is 3.56. The first kappa shape index (κ1) is 19.1. The van der Waals surface area contributed by atoms with Crippen molar-refractivity contribution < 1.29 is 19.4 Å². The molecule has 7 nitrogen and oxygen atoms in total. The van der Waals surface area contributed by atoms with E-state index in [0.29, 0.717) is 27.5 Å². The molecule has 140 valence electrons. The largest absolute Gasteiger partial charge is 0.493 e. The molecule has 1 fully saturated rings. The third-order valence-corrected chi connectivity index (χ3v) is 5.23. The average molecular weight is 403 g/mol. The average Bonchev–Trinajstić information content (AvgIpc) is 3.24. The lowest BCUT2D eigenvalue weighted by Crippen LogP contribution is -2.28. The summed E-state index contributed by atoms with van der Waals surface area (Å²) >= 11 is 2.72. The van der Waals surface area contributed by atoms with E-state index in [-0.39, 0.29) is 18.9 Å². The number of rotatable bonds is 7. The molecule has 0 saturated carbocycles. The van der Waals surface area contributed by atoms with Gasteiger partial charge in [-0.1, -0.05) is 12.1 Å². The van der Waals surface area contributed by atoms with Gasteiger partial charge in [-0.15, -0.1) is 11.3 Å². The van der Waals surface area contributed by atoms with Crippen molar-refractivity contribution in [1.29, 1.82) is 0 Å². The summed E-state index contributed by atoms with van der Waals surface area (Å²) in [5, 5.41) is 11.7. The maximum atomic E-state index is 12.7. The van der Waals surface area contributed by atoms with Crippen LogP contribution >= 0.6 is 23.1 Å². The van der Waals surface area contributed by atoms with Gasteiger partial charge in [-0.25, -0.2) is 4.98 Å². The highest BCUT2D eigenvalue weighted by atomic mass is 32.2. The van der Waals surface area contributed by atoms with Crippen molar-refractivity contribution in [3.05, 3.63) is 46.3 Å². The van der Waals surface area contributed by atoms with Crippen LogP contribution in [-0.4, -0.2) is 45.2 Å². The Labute approximate surface area is 164 Å². The van der Waals surface area contributed by atoms with Crippen LogP contribution in [0.4, 0.5) is 5.13 Å². The van der Waals surface area contributed by atoms with Gasteiger partial charge in [0, 0.05) is 18.1 Å². The fourth-order valence-electron chi connectivity index (χ4n) is 2.32. The number of ether oxygens (including phenoxy) is 1. The molecule has 1 aromatic heterocycles. The minimum atomic E-state index is -0.909. The number of thioether (sulfide) groups is 1. The topological polar surface area (TPSA) is 92.1 Å². The molecule has 0 spiro atoms. The molecule has 0 aliphatic carbocycles. The number of carbonyl (C=O) groups is 2. The van der Waals surface area contributed by atoms with E-state index in [4.69, 9.17) is 9.84 Å². The lowest BCUT2D eigenvalue weighted by molar-refractivity contribution is -0.137. The van der Waals surface area contributed by atoms with Gasteiger partial charge in [0.2, 0.25) is 5.13 Å². The summed E-state index contributed by atoms with van der Waals surface area (Å²) in [6.45, 7) is 2.51. The van der Waals surface area contributed by atoms with Crippen LogP contribution in [0.2, 0.25) is 0 Å². The predicted octanol–water partition coefficient (Wildman–Crippen LogP) is 3.62. The number of hydrogen-bond donors (Lipinski definition) is 1.